The van der Waals surface area contributed by atoms with Gasteiger partial charge in [-0.05, 0) is 39.7 Å². The van der Waals surface area contributed by atoms with E-state index in [1.54, 1.807) is 11.8 Å². The van der Waals surface area contributed by atoms with Gasteiger partial charge in [0.1, 0.15) is 0 Å². The molecule has 1 amide bonds. The fourth-order valence-electron chi connectivity index (χ4n) is 2.51. The van der Waals surface area contributed by atoms with Crippen LogP contribution in [-0.2, 0) is 4.79 Å². The Hall–Kier alpha value is -0.610. The predicted octanol–water partition coefficient (Wildman–Crippen LogP) is 0.112. The van der Waals surface area contributed by atoms with Gasteiger partial charge in [0.05, 0.1) is 24.2 Å². The summed E-state index contributed by atoms with van der Waals surface area (Å²) in [6.07, 6.45) is 3.17. The molecule has 2 rings (SSSR count). The zero-order valence-electron chi connectivity index (χ0n) is 9.55. The first-order valence-corrected chi connectivity index (χ1v) is 5.70. The second kappa shape index (κ2) is 3.46. The number of β-amino-alcohol motifs (C(OH)–C–C–N with tert-alkyl or cyclic N) is 1. The molecule has 0 aromatic carbocycles. The third kappa shape index (κ3) is 2.01. The van der Waals surface area contributed by atoms with Gasteiger partial charge in [0, 0.05) is 0 Å². The predicted molar refractivity (Wildman–Crippen MR) is 57.5 cm³/mol. The largest absolute Gasteiger partial charge is 0.386 e. The summed E-state index contributed by atoms with van der Waals surface area (Å²) in [6.45, 7) is 5.62. The van der Waals surface area contributed by atoms with E-state index in [1.165, 1.54) is 0 Å². The molecule has 2 N–H and O–H groups in total. The lowest BCUT2D eigenvalue weighted by Crippen LogP contribution is -2.68. The number of nitrogens with one attached hydrogen (secondary N) is 1. The molecule has 2 saturated heterocycles. The van der Waals surface area contributed by atoms with E-state index in [4.69, 9.17) is 0 Å². The summed E-state index contributed by atoms with van der Waals surface area (Å²) in [5, 5.41) is 12.9. The van der Waals surface area contributed by atoms with E-state index in [0.717, 1.165) is 25.8 Å². The summed E-state index contributed by atoms with van der Waals surface area (Å²) in [6, 6.07) is 0. The Morgan fingerprint density at radius 3 is 2.47 bits per heavy atom. The van der Waals surface area contributed by atoms with Gasteiger partial charge in [-0.3, -0.25) is 4.79 Å². The third-order valence-corrected chi connectivity index (χ3v) is 3.44. The first-order chi connectivity index (χ1) is 6.93. The van der Waals surface area contributed by atoms with Gasteiger partial charge in [-0.1, -0.05) is 0 Å². The molecule has 0 bridgehead atoms. The summed E-state index contributed by atoms with van der Waals surface area (Å²) < 4.78 is 0. The van der Waals surface area contributed by atoms with Crippen molar-refractivity contribution < 1.29 is 9.90 Å². The highest BCUT2D eigenvalue weighted by atomic mass is 16.3. The van der Waals surface area contributed by atoms with Gasteiger partial charge >= 0.3 is 0 Å². The van der Waals surface area contributed by atoms with Gasteiger partial charge < -0.3 is 15.3 Å². The van der Waals surface area contributed by atoms with Gasteiger partial charge in [-0.25, -0.2) is 0 Å². The molecule has 0 radical (unpaired) electrons. The van der Waals surface area contributed by atoms with E-state index in [-0.39, 0.29) is 5.91 Å². The maximum Gasteiger partial charge on any atom is 0.242 e. The monoisotopic (exact) mass is 212 g/mol. The molecule has 0 saturated carbocycles. The second-order valence-electron chi connectivity index (χ2n) is 5.37. The Labute approximate surface area is 90.6 Å². The van der Waals surface area contributed by atoms with Gasteiger partial charge in [-0.2, -0.15) is 0 Å². The van der Waals surface area contributed by atoms with Crippen LogP contribution in [0.1, 0.15) is 33.1 Å². The van der Waals surface area contributed by atoms with Crippen molar-refractivity contribution in [1.29, 1.82) is 0 Å². The topological polar surface area (TPSA) is 52.6 Å². The van der Waals surface area contributed by atoms with Crippen LogP contribution in [0, 0.1) is 0 Å². The first kappa shape index (κ1) is 10.9. The normalized spacial score (nSPS) is 34.7. The number of nitrogens with zero attached hydrogens (tertiary/aromatic N) is 1. The number of carbonyl (C=O) groups is 1. The van der Waals surface area contributed by atoms with Crippen molar-refractivity contribution in [2.45, 2.75) is 44.2 Å². The minimum atomic E-state index is -0.666. The van der Waals surface area contributed by atoms with Crippen molar-refractivity contribution in [3.63, 3.8) is 0 Å². The van der Waals surface area contributed by atoms with Crippen molar-refractivity contribution in [2.75, 3.05) is 19.6 Å². The van der Waals surface area contributed by atoms with Gasteiger partial charge in [-0.15, -0.1) is 0 Å². The van der Waals surface area contributed by atoms with Crippen LogP contribution in [0.25, 0.3) is 0 Å². The fourth-order valence-corrected chi connectivity index (χ4v) is 2.51. The highest BCUT2D eigenvalue weighted by Gasteiger charge is 2.46. The van der Waals surface area contributed by atoms with Gasteiger partial charge in [0.25, 0.3) is 0 Å². The van der Waals surface area contributed by atoms with E-state index < -0.39 is 11.1 Å². The first-order valence-electron chi connectivity index (χ1n) is 5.70. The molecule has 2 heterocycles. The van der Waals surface area contributed by atoms with E-state index in [2.05, 4.69) is 5.32 Å². The van der Waals surface area contributed by atoms with Crippen LogP contribution in [0.15, 0.2) is 0 Å². The van der Waals surface area contributed by atoms with E-state index >= 15 is 0 Å². The average Bonchev–Trinajstić information content (AvgIpc) is 2.14. The minimum Gasteiger partial charge on any atom is -0.386 e. The SMILES string of the molecule is CC1(O)CN(C(=O)C2(C)CCCCN2)C1. The summed E-state index contributed by atoms with van der Waals surface area (Å²) >= 11 is 0. The number of piperidine rings is 1. The molecule has 4 heteroatoms. The molecule has 0 aliphatic carbocycles. The van der Waals surface area contributed by atoms with Crippen LogP contribution in [0.4, 0.5) is 0 Å². The van der Waals surface area contributed by atoms with Crippen molar-refractivity contribution >= 4 is 5.91 Å². The third-order valence-electron chi connectivity index (χ3n) is 3.44. The average molecular weight is 212 g/mol. The number of aliphatic hydroxyl groups is 1. The molecular weight excluding hydrogens is 192 g/mol. The summed E-state index contributed by atoms with van der Waals surface area (Å²) in [5.41, 5.74) is -1.06. The van der Waals surface area contributed by atoms with Crippen LogP contribution < -0.4 is 5.32 Å². The van der Waals surface area contributed by atoms with E-state index in [0.29, 0.717) is 13.1 Å². The summed E-state index contributed by atoms with van der Waals surface area (Å²) in [7, 11) is 0. The van der Waals surface area contributed by atoms with Crippen LogP contribution in [0.2, 0.25) is 0 Å². The maximum absolute atomic E-state index is 12.1. The molecule has 86 valence electrons. The van der Waals surface area contributed by atoms with Crippen LogP contribution in [0.5, 0.6) is 0 Å². The lowest BCUT2D eigenvalue weighted by molar-refractivity contribution is -0.159. The zero-order valence-corrected chi connectivity index (χ0v) is 9.55. The van der Waals surface area contributed by atoms with Crippen LogP contribution in [0.3, 0.4) is 0 Å². The van der Waals surface area contributed by atoms with Crippen LogP contribution in [-0.4, -0.2) is 46.7 Å². The minimum absolute atomic E-state index is 0.147. The quantitative estimate of drug-likeness (QED) is 0.649. The number of carbonyl (C=O) groups excluding carboxylic acids is 1. The Kier molecular flexibility index (Phi) is 2.51. The van der Waals surface area contributed by atoms with Crippen molar-refractivity contribution in [1.82, 2.24) is 10.2 Å². The Morgan fingerprint density at radius 1 is 1.33 bits per heavy atom. The number of rotatable bonds is 1. The van der Waals surface area contributed by atoms with Gasteiger partial charge in [0.15, 0.2) is 0 Å². The molecule has 1 atom stereocenters. The highest BCUT2D eigenvalue weighted by molar-refractivity contribution is 5.87. The van der Waals surface area contributed by atoms with Crippen molar-refractivity contribution in [3.8, 4) is 0 Å². The van der Waals surface area contributed by atoms with Crippen LogP contribution >= 0.6 is 0 Å². The molecule has 0 aromatic rings. The molecule has 15 heavy (non-hydrogen) atoms. The molecule has 2 fully saturated rings. The molecule has 2 aliphatic rings. The fraction of sp³-hybridized carbons (Fsp3) is 0.909. The molecule has 1 unspecified atom stereocenters. The lowest BCUT2D eigenvalue weighted by Gasteiger charge is -2.48. The number of amides is 1. The van der Waals surface area contributed by atoms with Crippen molar-refractivity contribution in [2.24, 2.45) is 0 Å². The Balaban J connectivity index is 1.96. The van der Waals surface area contributed by atoms with E-state index in [1.807, 2.05) is 6.92 Å². The zero-order chi connectivity index (χ0) is 11.1. The number of hydrogen-bond donors (Lipinski definition) is 2. The second-order valence-corrected chi connectivity index (χ2v) is 5.37. The smallest absolute Gasteiger partial charge is 0.242 e. The molecule has 0 spiro atoms. The highest BCUT2D eigenvalue weighted by Crippen LogP contribution is 2.27. The Morgan fingerprint density at radius 2 is 2.00 bits per heavy atom. The lowest BCUT2D eigenvalue weighted by atomic mass is 9.86. The molecule has 2 aliphatic heterocycles. The standard InChI is InChI=1S/C11H20N2O2/c1-10(15)7-13(8-10)9(14)11(2)5-3-4-6-12-11/h12,15H,3-8H2,1-2H3. The van der Waals surface area contributed by atoms with E-state index in [9.17, 15) is 9.90 Å². The molecule has 0 aromatic heterocycles. The number of hydrogen-bond acceptors (Lipinski definition) is 3. The van der Waals surface area contributed by atoms with Gasteiger partial charge in [0.2, 0.25) is 5.91 Å². The Bertz CT molecular complexity index is 262. The molecule has 4 nitrogen and oxygen atoms in total. The maximum atomic E-state index is 12.1. The molecular formula is C11H20N2O2. The summed E-state index contributed by atoms with van der Waals surface area (Å²) in [5.74, 6) is 0.147. The number of likely N-dealkylation sites (tertiary alicyclic amines) is 1. The van der Waals surface area contributed by atoms with Crippen molar-refractivity contribution in [3.05, 3.63) is 0 Å². The summed E-state index contributed by atoms with van der Waals surface area (Å²) in [4.78, 5) is 13.9.